The molecule has 0 aromatic carbocycles. The molecule has 2 unspecified atom stereocenters. The van der Waals surface area contributed by atoms with Gasteiger partial charge in [0.05, 0.1) is 17.2 Å². The van der Waals surface area contributed by atoms with Gasteiger partial charge in [-0.2, -0.15) is 4.98 Å². The van der Waals surface area contributed by atoms with Crippen LogP contribution in [0.2, 0.25) is 0 Å². The Kier molecular flexibility index (Phi) is 3.20. The van der Waals surface area contributed by atoms with Crippen molar-refractivity contribution in [3.63, 3.8) is 0 Å². The summed E-state index contributed by atoms with van der Waals surface area (Å²) in [6.07, 6.45) is 2.38. The number of hydrogen-bond donors (Lipinski definition) is 1. The first-order valence-corrected chi connectivity index (χ1v) is 8.08. The molecule has 7 heteroatoms. The van der Waals surface area contributed by atoms with Crippen molar-refractivity contribution in [3.8, 4) is 11.5 Å². The van der Waals surface area contributed by atoms with Crippen molar-refractivity contribution < 1.29 is 9.26 Å². The Hall–Kier alpha value is -1.44. The van der Waals surface area contributed by atoms with Crippen LogP contribution in [0.1, 0.15) is 29.6 Å². The van der Waals surface area contributed by atoms with E-state index in [-0.39, 0.29) is 6.10 Å². The van der Waals surface area contributed by atoms with Gasteiger partial charge in [0.15, 0.2) is 0 Å². The number of ether oxygens (including phenoxy) is 1. The summed E-state index contributed by atoms with van der Waals surface area (Å²) in [7, 11) is 0. The summed E-state index contributed by atoms with van der Waals surface area (Å²) in [4.78, 5) is 8.09. The lowest BCUT2D eigenvalue weighted by molar-refractivity contribution is -0.0548. The Morgan fingerprint density at radius 1 is 1.48 bits per heavy atom. The van der Waals surface area contributed by atoms with Gasteiger partial charge in [-0.25, -0.2) is 0 Å². The minimum absolute atomic E-state index is 0.0993. The van der Waals surface area contributed by atoms with Crippen LogP contribution in [-0.4, -0.2) is 40.8 Å². The van der Waals surface area contributed by atoms with E-state index in [2.05, 4.69) is 15.0 Å². The highest BCUT2D eigenvalue weighted by Crippen LogP contribution is 2.34. The summed E-state index contributed by atoms with van der Waals surface area (Å²) < 4.78 is 11.3. The van der Waals surface area contributed by atoms with Crippen molar-refractivity contribution in [3.05, 3.63) is 16.8 Å². The second-order valence-corrected chi connectivity index (χ2v) is 6.99. The highest BCUT2D eigenvalue weighted by molar-refractivity contribution is 7.16. The Morgan fingerprint density at radius 2 is 2.38 bits per heavy atom. The van der Waals surface area contributed by atoms with Gasteiger partial charge >= 0.3 is 0 Å². The minimum atomic E-state index is -0.0993. The number of fused-ring (bicyclic) bond motifs is 1. The predicted octanol–water partition coefficient (Wildman–Crippen LogP) is 2.22. The Labute approximate surface area is 126 Å². The van der Waals surface area contributed by atoms with E-state index in [1.165, 1.54) is 24.2 Å². The molecule has 2 aromatic rings. The lowest BCUT2D eigenvalue weighted by Crippen LogP contribution is -2.42. The maximum atomic E-state index is 5.98. The fourth-order valence-corrected chi connectivity index (χ4v) is 3.93. The topological polar surface area (TPSA) is 77.4 Å². The molecule has 2 fully saturated rings. The standard InChI is InChI=1S/C14H18N4O2S/c1-8-5-10(12(15)21-8)14-16-13(17-20-14)11-6-18-4-2-3-9(18)7-19-11/h5,9,11H,2-4,6-7,15H2,1H3. The van der Waals surface area contributed by atoms with Gasteiger partial charge in [-0.05, 0) is 32.4 Å². The monoisotopic (exact) mass is 306 g/mol. The van der Waals surface area contributed by atoms with Crippen LogP contribution in [0.25, 0.3) is 11.5 Å². The van der Waals surface area contributed by atoms with Crippen molar-refractivity contribution in [2.24, 2.45) is 0 Å². The number of aromatic nitrogens is 2. The number of thiophene rings is 1. The van der Waals surface area contributed by atoms with Crippen LogP contribution in [0.15, 0.2) is 10.6 Å². The lowest BCUT2D eigenvalue weighted by Gasteiger charge is -2.33. The zero-order chi connectivity index (χ0) is 14.4. The molecule has 0 bridgehead atoms. The van der Waals surface area contributed by atoms with E-state index in [0.717, 1.165) is 30.1 Å². The van der Waals surface area contributed by atoms with Gasteiger partial charge in [-0.3, -0.25) is 4.90 Å². The van der Waals surface area contributed by atoms with E-state index in [0.29, 0.717) is 22.8 Å². The number of aryl methyl sites for hydroxylation is 1. The molecule has 0 aliphatic carbocycles. The number of hydrogen-bond acceptors (Lipinski definition) is 7. The molecule has 2 aliphatic rings. The largest absolute Gasteiger partial charge is 0.390 e. The Morgan fingerprint density at radius 3 is 3.19 bits per heavy atom. The quantitative estimate of drug-likeness (QED) is 0.916. The van der Waals surface area contributed by atoms with Gasteiger partial charge in [-0.15, -0.1) is 11.3 Å². The van der Waals surface area contributed by atoms with Crippen molar-refractivity contribution in [2.45, 2.75) is 31.9 Å². The number of nitrogens with zero attached hydrogens (tertiary/aromatic N) is 3. The average molecular weight is 306 g/mol. The molecule has 2 saturated heterocycles. The van der Waals surface area contributed by atoms with Crippen molar-refractivity contribution >= 4 is 16.3 Å². The SMILES string of the molecule is Cc1cc(-c2nc(C3CN4CCCC4CO3)no2)c(N)s1. The van der Waals surface area contributed by atoms with Crippen LogP contribution in [0.5, 0.6) is 0 Å². The van der Waals surface area contributed by atoms with Crippen LogP contribution >= 0.6 is 11.3 Å². The predicted molar refractivity (Wildman–Crippen MR) is 80.0 cm³/mol. The van der Waals surface area contributed by atoms with Crippen LogP contribution in [0, 0.1) is 6.92 Å². The van der Waals surface area contributed by atoms with E-state index < -0.39 is 0 Å². The molecule has 4 rings (SSSR count). The number of rotatable bonds is 2. The average Bonchev–Trinajstić information content (AvgIpc) is 3.17. The molecule has 0 saturated carbocycles. The zero-order valence-corrected chi connectivity index (χ0v) is 12.7. The smallest absolute Gasteiger partial charge is 0.261 e. The van der Waals surface area contributed by atoms with Gasteiger partial charge < -0.3 is 15.0 Å². The van der Waals surface area contributed by atoms with Gasteiger partial charge in [0, 0.05) is 17.5 Å². The Bertz CT molecular complexity index is 653. The van der Waals surface area contributed by atoms with Crippen LogP contribution in [0.3, 0.4) is 0 Å². The van der Waals surface area contributed by atoms with Crippen LogP contribution in [-0.2, 0) is 4.74 Å². The summed E-state index contributed by atoms with van der Waals surface area (Å²) in [5, 5.41) is 4.81. The van der Waals surface area contributed by atoms with Crippen molar-refractivity contribution in [1.29, 1.82) is 0 Å². The van der Waals surface area contributed by atoms with E-state index >= 15 is 0 Å². The third kappa shape index (κ3) is 2.35. The lowest BCUT2D eigenvalue weighted by atomic mass is 10.2. The minimum Gasteiger partial charge on any atom is -0.390 e. The molecule has 2 N–H and O–H groups in total. The van der Waals surface area contributed by atoms with Crippen molar-refractivity contribution in [1.82, 2.24) is 15.0 Å². The number of nitrogens with two attached hydrogens (primary N) is 1. The maximum absolute atomic E-state index is 5.98. The molecule has 112 valence electrons. The first-order valence-electron chi connectivity index (χ1n) is 7.26. The molecule has 21 heavy (non-hydrogen) atoms. The first-order chi connectivity index (χ1) is 10.2. The molecule has 6 nitrogen and oxygen atoms in total. The fraction of sp³-hybridized carbons (Fsp3) is 0.571. The van der Waals surface area contributed by atoms with E-state index in [1.54, 1.807) is 0 Å². The molecular formula is C14H18N4O2S. The molecule has 2 atom stereocenters. The molecule has 4 heterocycles. The van der Waals surface area contributed by atoms with E-state index in [4.69, 9.17) is 15.0 Å². The van der Waals surface area contributed by atoms with Crippen LogP contribution < -0.4 is 5.73 Å². The number of anilines is 1. The van der Waals surface area contributed by atoms with Gasteiger partial charge in [-0.1, -0.05) is 5.16 Å². The van der Waals surface area contributed by atoms with Gasteiger partial charge in [0.25, 0.3) is 5.89 Å². The third-order valence-electron chi connectivity index (χ3n) is 4.23. The summed E-state index contributed by atoms with van der Waals surface area (Å²) in [5.41, 5.74) is 6.81. The maximum Gasteiger partial charge on any atom is 0.261 e. The Balaban J connectivity index is 1.56. The number of nitrogen functional groups attached to an aromatic ring is 1. The second kappa shape index (κ2) is 5.08. The molecule has 0 spiro atoms. The summed E-state index contributed by atoms with van der Waals surface area (Å²) in [6, 6.07) is 2.55. The van der Waals surface area contributed by atoms with Crippen molar-refractivity contribution in [2.75, 3.05) is 25.4 Å². The van der Waals surface area contributed by atoms with Crippen LogP contribution in [0.4, 0.5) is 5.00 Å². The summed E-state index contributed by atoms with van der Waals surface area (Å²) >= 11 is 1.53. The molecular weight excluding hydrogens is 288 g/mol. The highest BCUT2D eigenvalue weighted by atomic mass is 32.1. The van der Waals surface area contributed by atoms with E-state index in [9.17, 15) is 0 Å². The summed E-state index contributed by atoms with van der Waals surface area (Å²) in [5.74, 6) is 1.11. The normalized spacial score (nSPS) is 26.1. The fourth-order valence-electron chi connectivity index (χ4n) is 3.15. The highest BCUT2D eigenvalue weighted by Gasteiger charge is 2.35. The molecule has 0 amide bonds. The molecule has 0 radical (unpaired) electrons. The second-order valence-electron chi connectivity index (χ2n) is 5.71. The summed E-state index contributed by atoms with van der Waals surface area (Å²) in [6.45, 7) is 4.77. The number of morpholine rings is 1. The van der Waals surface area contributed by atoms with Gasteiger partial charge in [0.1, 0.15) is 6.10 Å². The first kappa shape index (κ1) is 13.2. The van der Waals surface area contributed by atoms with E-state index in [1.807, 2.05) is 13.0 Å². The molecule has 2 aromatic heterocycles. The molecule has 2 aliphatic heterocycles. The zero-order valence-electron chi connectivity index (χ0n) is 11.9. The van der Waals surface area contributed by atoms with Gasteiger partial charge in [0.2, 0.25) is 5.82 Å². The third-order valence-corrected chi connectivity index (χ3v) is 5.11.